The van der Waals surface area contributed by atoms with Crippen LogP contribution in [0.5, 0.6) is 0 Å². The van der Waals surface area contributed by atoms with E-state index in [1.165, 1.54) is 11.1 Å². The number of amides is 1. The molecule has 0 radical (unpaired) electrons. The van der Waals surface area contributed by atoms with Crippen LogP contribution in [-0.4, -0.2) is 35.9 Å². The Morgan fingerprint density at radius 2 is 2.10 bits per heavy atom. The number of rotatable bonds is 6. The highest BCUT2D eigenvalue weighted by molar-refractivity contribution is 7.98. The van der Waals surface area contributed by atoms with Gasteiger partial charge in [-0.3, -0.25) is 10.1 Å². The molecule has 0 bridgehead atoms. The van der Waals surface area contributed by atoms with Gasteiger partial charge in [-0.1, -0.05) is 38.1 Å². The van der Waals surface area contributed by atoms with Gasteiger partial charge in [0.1, 0.15) is 6.17 Å². The molecule has 1 saturated heterocycles. The van der Waals surface area contributed by atoms with E-state index in [1.54, 1.807) is 0 Å². The molecule has 0 aliphatic carbocycles. The summed E-state index contributed by atoms with van der Waals surface area (Å²) in [7, 11) is 0. The van der Waals surface area contributed by atoms with Gasteiger partial charge in [0.05, 0.1) is 6.54 Å². The minimum Gasteiger partial charge on any atom is -0.322 e. The molecule has 3 nitrogen and oxygen atoms in total. The zero-order valence-electron chi connectivity index (χ0n) is 12.6. The second kappa shape index (κ2) is 7.14. The quantitative estimate of drug-likeness (QED) is 0.875. The van der Waals surface area contributed by atoms with E-state index in [-0.39, 0.29) is 12.1 Å². The Bertz CT molecular complexity index is 446. The zero-order chi connectivity index (χ0) is 14.5. The molecule has 20 heavy (non-hydrogen) atoms. The summed E-state index contributed by atoms with van der Waals surface area (Å²) < 4.78 is 0. The Morgan fingerprint density at radius 1 is 1.40 bits per heavy atom. The largest absolute Gasteiger partial charge is 0.322 e. The molecule has 1 heterocycles. The maximum atomic E-state index is 12.1. The van der Waals surface area contributed by atoms with E-state index >= 15 is 0 Å². The number of hydrogen-bond acceptors (Lipinski definition) is 3. The summed E-state index contributed by atoms with van der Waals surface area (Å²) in [6, 6.07) is 8.59. The Morgan fingerprint density at radius 3 is 2.70 bits per heavy atom. The predicted molar refractivity (Wildman–Crippen MR) is 85.8 cm³/mol. The van der Waals surface area contributed by atoms with Crippen LogP contribution >= 0.6 is 11.8 Å². The zero-order valence-corrected chi connectivity index (χ0v) is 13.4. The first-order valence-corrected chi connectivity index (χ1v) is 8.65. The lowest BCUT2D eigenvalue weighted by molar-refractivity contribution is -0.128. The summed E-state index contributed by atoms with van der Waals surface area (Å²) in [5.74, 6) is 1.82. The average Bonchev–Trinajstić information content (AvgIpc) is 2.81. The summed E-state index contributed by atoms with van der Waals surface area (Å²) in [5, 5.41) is 3.33. The van der Waals surface area contributed by atoms with Crippen LogP contribution in [0, 0.1) is 5.92 Å². The van der Waals surface area contributed by atoms with Crippen LogP contribution in [0.3, 0.4) is 0 Å². The number of nitrogens with zero attached hydrogens (tertiary/aromatic N) is 1. The van der Waals surface area contributed by atoms with Crippen LogP contribution in [0.2, 0.25) is 0 Å². The number of hydrogen-bond donors (Lipinski definition) is 1. The molecule has 1 aliphatic rings. The molecule has 0 aromatic heterocycles. The lowest BCUT2D eigenvalue weighted by Gasteiger charge is -2.27. The van der Waals surface area contributed by atoms with Gasteiger partial charge < -0.3 is 4.90 Å². The molecule has 4 heteroatoms. The Balaban J connectivity index is 2.10. The molecule has 110 valence electrons. The summed E-state index contributed by atoms with van der Waals surface area (Å²) in [6.45, 7) is 5.64. The number of carbonyl (C=O) groups is 1. The van der Waals surface area contributed by atoms with Crippen LogP contribution in [-0.2, 0) is 11.2 Å². The molecular formula is C16H24N2OS. The molecule has 0 saturated carbocycles. The number of aryl methyl sites for hydroxylation is 1. The van der Waals surface area contributed by atoms with Gasteiger partial charge in [0.15, 0.2) is 0 Å². The van der Waals surface area contributed by atoms with Crippen LogP contribution in [0.25, 0.3) is 0 Å². The third-order valence-electron chi connectivity index (χ3n) is 3.74. The van der Waals surface area contributed by atoms with Crippen molar-refractivity contribution in [3.05, 3.63) is 35.4 Å². The van der Waals surface area contributed by atoms with Crippen LogP contribution in [0.4, 0.5) is 0 Å². The fourth-order valence-electron chi connectivity index (χ4n) is 2.65. The molecule has 1 aromatic rings. The lowest BCUT2D eigenvalue weighted by atomic mass is 10.1. The number of nitrogens with one attached hydrogen (secondary N) is 1. The average molecular weight is 292 g/mol. The second-order valence-corrected chi connectivity index (χ2v) is 6.40. The molecule has 1 aliphatic heterocycles. The van der Waals surface area contributed by atoms with Crippen LogP contribution in [0.15, 0.2) is 24.3 Å². The Labute approximate surface area is 126 Å². The maximum Gasteiger partial charge on any atom is 0.238 e. The molecule has 1 fully saturated rings. The molecule has 2 unspecified atom stereocenters. The molecular weight excluding hydrogens is 268 g/mol. The Kier molecular flexibility index (Phi) is 5.49. The van der Waals surface area contributed by atoms with Crippen LogP contribution in [0.1, 0.15) is 31.1 Å². The normalized spacial score (nSPS) is 20.4. The van der Waals surface area contributed by atoms with Gasteiger partial charge in [0, 0.05) is 6.54 Å². The smallest absolute Gasteiger partial charge is 0.238 e. The summed E-state index contributed by atoms with van der Waals surface area (Å²) in [6.07, 6.45) is 3.20. The first kappa shape index (κ1) is 15.4. The Hall–Kier alpha value is -1.00. The minimum absolute atomic E-state index is 0.0395. The predicted octanol–water partition coefficient (Wildman–Crippen LogP) is 2.68. The van der Waals surface area contributed by atoms with Gasteiger partial charge in [-0.2, -0.15) is 11.8 Å². The maximum absolute atomic E-state index is 12.1. The summed E-state index contributed by atoms with van der Waals surface area (Å²) >= 11 is 1.84. The molecule has 2 atom stereocenters. The SMILES string of the molecule is CCc1ccc(C2NCC(=O)N2CC(C)CSC)cc1. The van der Waals surface area contributed by atoms with E-state index in [0.717, 1.165) is 18.7 Å². The highest BCUT2D eigenvalue weighted by atomic mass is 32.2. The van der Waals surface area contributed by atoms with Crippen molar-refractivity contribution in [2.24, 2.45) is 5.92 Å². The number of thioether (sulfide) groups is 1. The van der Waals surface area contributed by atoms with Gasteiger partial charge in [0.25, 0.3) is 0 Å². The first-order valence-electron chi connectivity index (χ1n) is 7.26. The van der Waals surface area contributed by atoms with Crippen molar-refractivity contribution in [1.82, 2.24) is 10.2 Å². The highest BCUT2D eigenvalue weighted by Crippen LogP contribution is 2.24. The van der Waals surface area contributed by atoms with E-state index in [2.05, 4.69) is 49.7 Å². The van der Waals surface area contributed by atoms with Crippen molar-refractivity contribution in [1.29, 1.82) is 0 Å². The monoisotopic (exact) mass is 292 g/mol. The van der Waals surface area contributed by atoms with E-state index in [4.69, 9.17) is 0 Å². The standard InChI is InChI=1S/C16H24N2OS/c1-4-13-5-7-14(8-6-13)16-17-9-15(19)18(16)10-12(2)11-20-3/h5-8,12,16-17H,4,9-11H2,1-3H3. The molecule has 1 N–H and O–H groups in total. The fourth-order valence-corrected chi connectivity index (χ4v) is 3.33. The summed E-state index contributed by atoms with van der Waals surface area (Å²) in [4.78, 5) is 14.1. The second-order valence-electron chi connectivity index (χ2n) is 5.49. The highest BCUT2D eigenvalue weighted by Gasteiger charge is 2.32. The fraction of sp³-hybridized carbons (Fsp3) is 0.562. The van der Waals surface area contributed by atoms with E-state index in [0.29, 0.717) is 12.5 Å². The first-order chi connectivity index (χ1) is 9.65. The lowest BCUT2D eigenvalue weighted by Crippen LogP contribution is -2.34. The third kappa shape index (κ3) is 3.55. The third-order valence-corrected chi connectivity index (χ3v) is 4.64. The van der Waals surface area contributed by atoms with Crippen molar-refractivity contribution >= 4 is 17.7 Å². The van der Waals surface area contributed by atoms with Gasteiger partial charge in [-0.25, -0.2) is 0 Å². The molecule has 0 spiro atoms. The van der Waals surface area contributed by atoms with E-state index in [1.807, 2.05) is 16.7 Å². The molecule has 1 amide bonds. The van der Waals surface area contributed by atoms with Gasteiger partial charge >= 0.3 is 0 Å². The van der Waals surface area contributed by atoms with Gasteiger partial charge in [-0.15, -0.1) is 0 Å². The molecule has 2 rings (SSSR count). The van der Waals surface area contributed by atoms with Crippen molar-refractivity contribution in [3.8, 4) is 0 Å². The minimum atomic E-state index is 0.0395. The number of benzene rings is 1. The molecule has 1 aromatic carbocycles. The van der Waals surface area contributed by atoms with E-state index < -0.39 is 0 Å². The van der Waals surface area contributed by atoms with Crippen molar-refractivity contribution in [2.45, 2.75) is 26.4 Å². The summed E-state index contributed by atoms with van der Waals surface area (Å²) in [5.41, 5.74) is 2.52. The van der Waals surface area contributed by atoms with Crippen molar-refractivity contribution in [2.75, 3.05) is 25.1 Å². The van der Waals surface area contributed by atoms with Crippen molar-refractivity contribution in [3.63, 3.8) is 0 Å². The van der Waals surface area contributed by atoms with Crippen molar-refractivity contribution < 1.29 is 4.79 Å². The van der Waals surface area contributed by atoms with Crippen LogP contribution < -0.4 is 5.32 Å². The van der Waals surface area contributed by atoms with Gasteiger partial charge in [-0.05, 0) is 35.5 Å². The number of carbonyl (C=O) groups excluding carboxylic acids is 1. The topological polar surface area (TPSA) is 32.3 Å². The van der Waals surface area contributed by atoms with E-state index in [9.17, 15) is 4.79 Å². The van der Waals surface area contributed by atoms with Gasteiger partial charge in [0.2, 0.25) is 5.91 Å².